The van der Waals surface area contributed by atoms with Crippen LogP contribution in [0.5, 0.6) is 0 Å². The van der Waals surface area contributed by atoms with Gasteiger partial charge in [-0.3, -0.25) is 4.79 Å². The molecule has 3 aliphatic heterocycles. The minimum Gasteiger partial charge on any atom is -0.486 e. The smallest absolute Gasteiger partial charge is 0.320 e. The Balaban J connectivity index is 1.30. The SMILES string of the molecule is C/C=C(\OC1CN(C(=O)N2CC[C@@H]3OCC(=O)N[C@@H]3C2)C1)c1ccc(F)cc1Cl. The quantitative estimate of drug-likeness (QED) is 0.757. The van der Waals surface area contributed by atoms with Crippen LogP contribution < -0.4 is 5.32 Å². The molecule has 0 bridgehead atoms. The molecule has 0 unspecified atom stereocenters. The number of hydrogen-bond acceptors (Lipinski definition) is 4. The fraction of sp³-hybridized carbons (Fsp3) is 0.500. The third-order valence-electron chi connectivity index (χ3n) is 5.47. The number of amides is 3. The molecule has 1 aromatic carbocycles. The Morgan fingerprint density at radius 2 is 2.14 bits per heavy atom. The van der Waals surface area contributed by atoms with Gasteiger partial charge < -0.3 is 24.6 Å². The zero-order chi connectivity index (χ0) is 20.5. The lowest BCUT2D eigenvalue weighted by molar-refractivity contribution is -0.139. The molecule has 1 aromatic rings. The van der Waals surface area contributed by atoms with Crippen LogP contribution >= 0.6 is 11.6 Å². The summed E-state index contributed by atoms with van der Waals surface area (Å²) in [5.74, 6) is 0.0178. The first kappa shape index (κ1) is 20.0. The molecule has 3 aliphatic rings. The van der Waals surface area contributed by atoms with Crippen LogP contribution in [0.25, 0.3) is 5.76 Å². The second-order valence-electron chi connectivity index (χ2n) is 7.46. The van der Waals surface area contributed by atoms with Crippen molar-refractivity contribution in [2.24, 2.45) is 0 Å². The summed E-state index contributed by atoms with van der Waals surface area (Å²) in [6, 6.07) is 3.95. The number of ether oxygens (including phenoxy) is 2. The van der Waals surface area contributed by atoms with E-state index in [4.69, 9.17) is 21.1 Å². The van der Waals surface area contributed by atoms with Crippen molar-refractivity contribution in [3.8, 4) is 0 Å². The van der Waals surface area contributed by atoms with Crippen LogP contribution in [0, 0.1) is 5.82 Å². The van der Waals surface area contributed by atoms with Gasteiger partial charge in [0.05, 0.1) is 30.3 Å². The molecule has 1 N–H and O–H groups in total. The number of hydrogen-bond donors (Lipinski definition) is 1. The van der Waals surface area contributed by atoms with Crippen LogP contribution in [0.15, 0.2) is 24.3 Å². The number of benzene rings is 1. The molecule has 0 aliphatic carbocycles. The summed E-state index contributed by atoms with van der Waals surface area (Å²) in [4.78, 5) is 27.8. The lowest BCUT2D eigenvalue weighted by Crippen LogP contribution is -2.65. The summed E-state index contributed by atoms with van der Waals surface area (Å²) in [6.45, 7) is 3.88. The van der Waals surface area contributed by atoms with Crippen molar-refractivity contribution in [2.75, 3.05) is 32.8 Å². The number of urea groups is 1. The number of allylic oxidation sites excluding steroid dienone is 1. The first-order valence-corrected chi connectivity index (χ1v) is 10.1. The van der Waals surface area contributed by atoms with Gasteiger partial charge in [0.25, 0.3) is 0 Å². The molecular weight excluding hydrogens is 401 g/mol. The summed E-state index contributed by atoms with van der Waals surface area (Å²) in [5, 5.41) is 3.18. The monoisotopic (exact) mass is 423 g/mol. The Morgan fingerprint density at radius 1 is 1.34 bits per heavy atom. The normalized spacial score (nSPS) is 25.2. The Morgan fingerprint density at radius 3 is 2.86 bits per heavy atom. The van der Waals surface area contributed by atoms with E-state index >= 15 is 0 Å². The summed E-state index contributed by atoms with van der Waals surface area (Å²) < 4.78 is 24.8. The molecule has 3 saturated heterocycles. The van der Waals surface area contributed by atoms with Gasteiger partial charge >= 0.3 is 6.03 Å². The molecule has 9 heteroatoms. The van der Waals surface area contributed by atoms with E-state index in [1.165, 1.54) is 12.1 Å². The minimum absolute atomic E-state index is 0.0260. The second-order valence-corrected chi connectivity index (χ2v) is 7.87. The van der Waals surface area contributed by atoms with Crippen molar-refractivity contribution in [3.63, 3.8) is 0 Å². The molecule has 4 rings (SSSR count). The molecule has 7 nitrogen and oxygen atoms in total. The average molecular weight is 424 g/mol. The number of carbonyl (C=O) groups excluding carboxylic acids is 2. The van der Waals surface area contributed by atoms with Crippen LogP contribution in [0.1, 0.15) is 18.9 Å². The van der Waals surface area contributed by atoms with Crippen LogP contribution in [-0.2, 0) is 14.3 Å². The Labute approximate surface area is 173 Å². The third kappa shape index (κ3) is 4.18. The van der Waals surface area contributed by atoms with Gasteiger partial charge in [-0.25, -0.2) is 9.18 Å². The van der Waals surface area contributed by atoms with Gasteiger partial charge in [-0.05, 0) is 37.6 Å². The van der Waals surface area contributed by atoms with E-state index < -0.39 is 5.82 Å². The van der Waals surface area contributed by atoms with Gasteiger partial charge in [0.15, 0.2) is 0 Å². The lowest BCUT2D eigenvalue weighted by atomic mass is 10.0. The highest BCUT2D eigenvalue weighted by molar-refractivity contribution is 6.32. The minimum atomic E-state index is -0.405. The number of likely N-dealkylation sites (tertiary alicyclic amines) is 2. The zero-order valence-electron chi connectivity index (χ0n) is 16.1. The highest BCUT2D eigenvalue weighted by Crippen LogP contribution is 2.29. The molecule has 0 spiro atoms. The van der Waals surface area contributed by atoms with E-state index in [0.29, 0.717) is 43.9 Å². The zero-order valence-corrected chi connectivity index (χ0v) is 16.8. The van der Waals surface area contributed by atoms with Crippen LogP contribution in [0.4, 0.5) is 9.18 Å². The maximum Gasteiger partial charge on any atom is 0.320 e. The van der Waals surface area contributed by atoms with Crippen molar-refractivity contribution < 1.29 is 23.5 Å². The molecular formula is C20H23ClFN3O4. The number of carbonyl (C=O) groups is 2. The van der Waals surface area contributed by atoms with Crippen molar-refractivity contribution in [3.05, 3.63) is 40.7 Å². The predicted octanol–water partition coefficient (Wildman–Crippen LogP) is 2.25. The van der Waals surface area contributed by atoms with Gasteiger partial charge in [0, 0.05) is 18.7 Å². The van der Waals surface area contributed by atoms with Crippen LogP contribution in [0.2, 0.25) is 5.02 Å². The number of halogens is 2. The first-order valence-electron chi connectivity index (χ1n) is 9.68. The Hall–Kier alpha value is -2.32. The van der Waals surface area contributed by atoms with Crippen molar-refractivity contribution in [1.29, 1.82) is 0 Å². The molecule has 0 aromatic heterocycles. The molecule has 3 amide bonds. The maximum atomic E-state index is 13.3. The van der Waals surface area contributed by atoms with Gasteiger partial charge in [-0.1, -0.05) is 11.6 Å². The summed E-state index contributed by atoms with van der Waals surface area (Å²) in [7, 11) is 0. The topological polar surface area (TPSA) is 71.1 Å². The molecule has 3 heterocycles. The number of fused-ring (bicyclic) bond motifs is 1. The molecule has 156 valence electrons. The van der Waals surface area contributed by atoms with Gasteiger partial charge in [0.2, 0.25) is 5.91 Å². The highest BCUT2D eigenvalue weighted by Gasteiger charge is 2.40. The summed E-state index contributed by atoms with van der Waals surface area (Å²) >= 11 is 6.12. The van der Waals surface area contributed by atoms with Gasteiger partial charge in [-0.15, -0.1) is 0 Å². The first-order chi connectivity index (χ1) is 13.9. The average Bonchev–Trinajstić information content (AvgIpc) is 2.67. The Bertz CT molecular complexity index is 843. The van der Waals surface area contributed by atoms with E-state index in [2.05, 4.69) is 5.32 Å². The van der Waals surface area contributed by atoms with Gasteiger partial charge in [0.1, 0.15) is 24.3 Å². The van der Waals surface area contributed by atoms with E-state index in [1.807, 2.05) is 6.92 Å². The van der Waals surface area contributed by atoms with E-state index in [1.54, 1.807) is 21.9 Å². The molecule has 29 heavy (non-hydrogen) atoms. The van der Waals surface area contributed by atoms with Crippen LogP contribution in [-0.4, -0.2) is 72.8 Å². The molecule has 0 saturated carbocycles. The number of morpholine rings is 1. The van der Waals surface area contributed by atoms with E-state index in [-0.39, 0.29) is 41.8 Å². The van der Waals surface area contributed by atoms with E-state index in [0.717, 1.165) is 0 Å². The van der Waals surface area contributed by atoms with Crippen LogP contribution in [0.3, 0.4) is 0 Å². The fourth-order valence-electron chi connectivity index (χ4n) is 3.90. The van der Waals surface area contributed by atoms with Crippen molar-refractivity contribution in [1.82, 2.24) is 15.1 Å². The number of piperidine rings is 1. The molecule has 3 fully saturated rings. The highest BCUT2D eigenvalue weighted by atomic mass is 35.5. The summed E-state index contributed by atoms with van der Waals surface area (Å²) in [5.41, 5.74) is 0.621. The van der Waals surface area contributed by atoms with E-state index in [9.17, 15) is 14.0 Å². The number of nitrogens with zero attached hydrogens (tertiary/aromatic N) is 2. The Kier molecular flexibility index (Phi) is 5.65. The summed E-state index contributed by atoms with van der Waals surface area (Å²) in [6.07, 6.45) is 2.31. The second kappa shape index (κ2) is 8.20. The predicted molar refractivity (Wildman–Crippen MR) is 105 cm³/mol. The van der Waals surface area contributed by atoms with Gasteiger partial charge in [-0.2, -0.15) is 0 Å². The lowest BCUT2D eigenvalue weighted by Gasteiger charge is -2.46. The maximum absolute atomic E-state index is 13.3. The fourth-order valence-corrected chi connectivity index (χ4v) is 4.16. The number of nitrogens with one attached hydrogen (secondary N) is 1. The third-order valence-corrected chi connectivity index (χ3v) is 5.78. The molecule has 2 atom stereocenters. The van der Waals surface area contributed by atoms with Crippen molar-refractivity contribution >= 4 is 29.3 Å². The number of rotatable bonds is 3. The standard InChI is InChI=1S/C20H23ClFN3O4/c1-2-17(14-4-3-12(22)7-15(14)21)29-13-8-25(9-13)20(27)24-6-5-18-16(10-24)23-19(26)11-28-18/h2-4,7,13,16,18H,5-6,8-11H2,1H3,(H,23,26)/b17-2-/t16-,18+/m1/s1. The largest absolute Gasteiger partial charge is 0.486 e. The van der Waals surface area contributed by atoms with Crippen molar-refractivity contribution in [2.45, 2.75) is 31.6 Å². The molecule has 0 radical (unpaired) electrons.